The van der Waals surface area contributed by atoms with Crippen molar-refractivity contribution in [1.82, 2.24) is 24.6 Å². The first-order valence-electron chi connectivity index (χ1n) is 5.14. The predicted molar refractivity (Wildman–Crippen MR) is 70.6 cm³/mol. The molecule has 3 N–H and O–H groups in total. The van der Waals surface area contributed by atoms with E-state index in [4.69, 9.17) is 17.3 Å². The maximum absolute atomic E-state index is 5.91. The van der Waals surface area contributed by atoms with Crippen LogP contribution in [0, 0.1) is 0 Å². The third-order valence-electron chi connectivity index (χ3n) is 2.30. The van der Waals surface area contributed by atoms with Crippen molar-refractivity contribution in [2.75, 3.05) is 5.73 Å². The molecule has 3 heterocycles. The van der Waals surface area contributed by atoms with Crippen LogP contribution in [0.2, 0.25) is 5.02 Å². The first-order valence-corrected chi connectivity index (χ1v) is 6.51. The SMILES string of the molecule is Nc1nc(SCc2cn3cc(Cl)ccc3n2)n[nH]1. The Balaban J connectivity index is 1.78. The van der Waals surface area contributed by atoms with Gasteiger partial charge in [-0.1, -0.05) is 23.4 Å². The van der Waals surface area contributed by atoms with Crippen LogP contribution in [0.5, 0.6) is 0 Å². The molecule has 0 saturated carbocycles. The number of aromatic amines is 1. The minimum Gasteiger partial charge on any atom is -0.368 e. The standard InChI is InChI=1S/C10H9ClN6S/c11-6-1-2-8-13-7(4-17(8)3-6)5-18-10-14-9(12)15-16-10/h1-4H,5H2,(H3,12,14,15,16). The summed E-state index contributed by atoms with van der Waals surface area (Å²) in [4.78, 5) is 8.47. The average molecular weight is 281 g/mol. The number of aromatic nitrogens is 5. The zero-order valence-electron chi connectivity index (χ0n) is 9.17. The van der Waals surface area contributed by atoms with Gasteiger partial charge < -0.3 is 10.1 Å². The van der Waals surface area contributed by atoms with Gasteiger partial charge in [0.2, 0.25) is 11.1 Å². The second-order valence-electron chi connectivity index (χ2n) is 3.64. The van der Waals surface area contributed by atoms with Gasteiger partial charge in [-0.05, 0) is 12.1 Å². The molecule has 3 rings (SSSR count). The molecule has 0 bridgehead atoms. The molecule has 0 aliphatic heterocycles. The lowest BCUT2D eigenvalue weighted by Crippen LogP contribution is -1.85. The van der Waals surface area contributed by atoms with Crippen molar-refractivity contribution in [2.24, 2.45) is 0 Å². The lowest BCUT2D eigenvalue weighted by Gasteiger charge is -1.91. The van der Waals surface area contributed by atoms with Crippen LogP contribution in [0.25, 0.3) is 5.65 Å². The number of nitrogens with two attached hydrogens (primary N) is 1. The first-order chi connectivity index (χ1) is 8.70. The van der Waals surface area contributed by atoms with Crippen LogP contribution in [0.3, 0.4) is 0 Å². The molecule has 6 nitrogen and oxygen atoms in total. The smallest absolute Gasteiger partial charge is 0.216 e. The summed E-state index contributed by atoms with van der Waals surface area (Å²) in [6.45, 7) is 0. The summed E-state index contributed by atoms with van der Waals surface area (Å²) in [7, 11) is 0. The predicted octanol–water partition coefficient (Wildman–Crippen LogP) is 1.98. The maximum Gasteiger partial charge on any atom is 0.216 e. The van der Waals surface area contributed by atoms with Crippen LogP contribution >= 0.6 is 23.4 Å². The lowest BCUT2D eigenvalue weighted by molar-refractivity contribution is 0.972. The van der Waals surface area contributed by atoms with Gasteiger partial charge in [-0.2, -0.15) is 4.98 Å². The number of nitrogen functional groups attached to an aromatic ring is 1. The Kier molecular flexibility index (Phi) is 2.85. The van der Waals surface area contributed by atoms with E-state index in [1.54, 1.807) is 0 Å². The van der Waals surface area contributed by atoms with Crippen LogP contribution in [-0.2, 0) is 5.75 Å². The molecular weight excluding hydrogens is 272 g/mol. The Morgan fingerprint density at radius 1 is 1.33 bits per heavy atom. The molecule has 0 amide bonds. The number of nitrogens with zero attached hydrogens (tertiary/aromatic N) is 4. The van der Waals surface area contributed by atoms with Gasteiger partial charge in [0.05, 0.1) is 10.7 Å². The Morgan fingerprint density at radius 3 is 3.00 bits per heavy atom. The molecule has 0 aliphatic rings. The van der Waals surface area contributed by atoms with E-state index >= 15 is 0 Å². The zero-order valence-corrected chi connectivity index (χ0v) is 10.7. The third kappa shape index (κ3) is 2.27. The average Bonchev–Trinajstić information content (AvgIpc) is 2.92. The molecule has 0 aromatic carbocycles. The van der Waals surface area contributed by atoms with Gasteiger partial charge in [0.15, 0.2) is 0 Å². The van der Waals surface area contributed by atoms with Crippen molar-refractivity contribution in [3.8, 4) is 0 Å². The highest BCUT2D eigenvalue weighted by Crippen LogP contribution is 2.20. The molecule has 3 aromatic rings. The highest BCUT2D eigenvalue weighted by Gasteiger charge is 2.05. The van der Waals surface area contributed by atoms with Gasteiger partial charge in [-0.15, -0.1) is 5.10 Å². The number of anilines is 1. The van der Waals surface area contributed by atoms with Gasteiger partial charge in [-0.25, -0.2) is 10.1 Å². The van der Waals surface area contributed by atoms with Crippen molar-refractivity contribution in [3.63, 3.8) is 0 Å². The molecule has 0 radical (unpaired) electrons. The van der Waals surface area contributed by atoms with E-state index in [1.807, 2.05) is 28.9 Å². The fraction of sp³-hybridized carbons (Fsp3) is 0.100. The van der Waals surface area contributed by atoms with Crippen LogP contribution in [0.1, 0.15) is 5.69 Å². The van der Waals surface area contributed by atoms with E-state index in [1.165, 1.54) is 11.8 Å². The highest BCUT2D eigenvalue weighted by atomic mass is 35.5. The van der Waals surface area contributed by atoms with Crippen molar-refractivity contribution in [3.05, 3.63) is 35.2 Å². The molecule has 0 aliphatic carbocycles. The number of fused-ring (bicyclic) bond motifs is 1. The maximum atomic E-state index is 5.91. The normalized spacial score (nSPS) is 11.2. The number of thioether (sulfide) groups is 1. The van der Waals surface area contributed by atoms with Crippen LogP contribution in [0.15, 0.2) is 29.7 Å². The number of nitrogens with one attached hydrogen (secondary N) is 1. The summed E-state index contributed by atoms with van der Waals surface area (Å²) < 4.78 is 1.89. The highest BCUT2D eigenvalue weighted by molar-refractivity contribution is 7.98. The van der Waals surface area contributed by atoms with E-state index in [0.717, 1.165) is 11.3 Å². The van der Waals surface area contributed by atoms with E-state index in [2.05, 4.69) is 20.2 Å². The molecule has 0 saturated heterocycles. The van der Waals surface area contributed by atoms with Gasteiger partial charge in [0.25, 0.3) is 0 Å². The number of rotatable bonds is 3. The molecule has 0 spiro atoms. The summed E-state index contributed by atoms with van der Waals surface area (Å²) >= 11 is 7.38. The second kappa shape index (κ2) is 4.51. The van der Waals surface area contributed by atoms with Crippen molar-refractivity contribution >= 4 is 35.0 Å². The molecule has 0 unspecified atom stereocenters. The summed E-state index contributed by atoms with van der Waals surface area (Å²) in [5.41, 5.74) is 7.25. The number of pyridine rings is 1. The Hall–Kier alpha value is -1.73. The largest absolute Gasteiger partial charge is 0.368 e. The summed E-state index contributed by atoms with van der Waals surface area (Å²) in [5.74, 6) is 0.996. The number of hydrogen-bond acceptors (Lipinski definition) is 5. The molecule has 3 aromatic heterocycles. The monoisotopic (exact) mass is 280 g/mol. The van der Waals surface area contributed by atoms with Gasteiger partial charge in [0.1, 0.15) is 5.65 Å². The topological polar surface area (TPSA) is 84.9 Å². The first kappa shape index (κ1) is 11.4. The third-order valence-corrected chi connectivity index (χ3v) is 3.40. The second-order valence-corrected chi connectivity index (χ2v) is 5.02. The Bertz CT molecular complexity index is 691. The molecule has 8 heteroatoms. The van der Waals surface area contributed by atoms with Gasteiger partial charge >= 0.3 is 0 Å². The van der Waals surface area contributed by atoms with Crippen LogP contribution in [-0.4, -0.2) is 24.6 Å². The number of H-pyrrole nitrogens is 1. The van der Waals surface area contributed by atoms with Gasteiger partial charge in [0, 0.05) is 18.1 Å². The summed E-state index contributed by atoms with van der Waals surface area (Å²) in [5, 5.41) is 7.83. The minimum absolute atomic E-state index is 0.319. The number of halogens is 1. The molecular formula is C10H9ClN6S. The fourth-order valence-corrected chi connectivity index (χ4v) is 2.41. The number of hydrogen-bond donors (Lipinski definition) is 2. The number of imidazole rings is 1. The molecule has 0 fully saturated rings. The van der Waals surface area contributed by atoms with E-state index < -0.39 is 0 Å². The van der Waals surface area contributed by atoms with Crippen molar-refractivity contribution in [1.29, 1.82) is 0 Å². The van der Waals surface area contributed by atoms with Crippen LogP contribution in [0.4, 0.5) is 5.95 Å². The van der Waals surface area contributed by atoms with Gasteiger partial charge in [-0.3, -0.25) is 0 Å². The fourth-order valence-electron chi connectivity index (χ4n) is 1.55. The molecule has 0 atom stereocenters. The van der Waals surface area contributed by atoms with Crippen molar-refractivity contribution < 1.29 is 0 Å². The Labute approximate surface area is 112 Å². The molecule has 92 valence electrons. The zero-order chi connectivity index (χ0) is 12.5. The van der Waals surface area contributed by atoms with E-state index in [-0.39, 0.29) is 0 Å². The summed E-state index contributed by atoms with van der Waals surface area (Å²) in [6, 6.07) is 3.69. The van der Waals surface area contributed by atoms with Crippen LogP contribution < -0.4 is 5.73 Å². The lowest BCUT2D eigenvalue weighted by atomic mass is 10.5. The van der Waals surface area contributed by atoms with E-state index in [0.29, 0.717) is 21.9 Å². The quantitative estimate of drug-likeness (QED) is 0.717. The van der Waals surface area contributed by atoms with Crippen molar-refractivity contribution in [2.45, 2.75) is 10.9 Å². The minimum atomic E-state index is 0.319. The Morgan fingerprint density at radius 2 is 2.22 bits per heavy atom. The summed E-state index contributed by atoms with van der Waals surface area (Å²) in [6.07, 6.45) is 3.76. The molecule has 18 heavy (non-hydrogen) atoms. The van der Waals surface area contributed by atoms with E-state index in [9.17, 15) is 0 Å².